The first kappa shape index (κ1) is 12.2. The van der Waals surface area contributed by atoms with Crippen LogP contribution in [-0.4, -0.2) is 10.9 Å². The van der Waals surface area contributed by atoms with Gasteiger partial charge in [0.2, 0.25) is 5.91 Å². The molecule has 1 aromatic carbocycles. The van der Waals surface area contributed by atoms with Crippen molar-refractivity contribution in [2.24, 2.45) is 0 Å². The van der Waals surface area contributed by atoms with Crippen molar-refractivity contribution < 1.29 is 9.18 Å². The van der Waals surface area contributed by atoms with E-state index in [9.17, 15) is 9.18 Å². The molecule has 4 heteroatoms. The second kappa shape index (κ2) is 5.40. The Balaban J connectivity index is 2.03. The number of rotatable bonds is 3. The maximum atomic E-state index is 13.0. The lowest BCUT2D eigenvalue weighted by atomic mass is 10.1. The van der Waals surface area contributed by atoms with Crippen molar-refractivity contribution in [3.8, 4) is 0 Å². The largest absolute Gasteiger partial charge is 0.310 e. The number of benzene rings is 1. The SMILES string of the molecule is Cc1cccnc1NC(=O)Cc1cccc(F)c1. The van der Waals surface area contributed by atoms with Gasteiger partial charge in [0.15, 0.2) is 0 Å². The summed E-state index contributed by atoms with van der Waals surface area (Å²) in [7, 11) is 0. The molecule has 1 heterocycles. The van der Waals surface area contributed by atoms with Gasteiger partial charge in [0, 0.05) is 6.20 Å². The molecule has 1 aromatic heterocycles. The Bertz CT molecular complexity index is 569. The van der Waals surface area contributed by atoms with Crippen LogP contribution in [0.1, 0.15) is 11.1 Å². The summed E-state index contributed by atoms with van der Waals surface area (Å²) in [5.41, 5.74) is 1.53. The van der Waals surface area contributed by atoms with Gasteiger partial charge in [-0.1, -0.05) is 18.2 Å². The molecule has 3 nitrogen and oxygen atoms in total. The van der Waals surface area contributed by atoms with Gasteiger partial charge in [-0.25, -0.2) is 9.37 Å². The summed E-state index contributed by atoms with van der Waals surface area (Å²) in [4.78, 5) is 15.8. The van der Waals surface area contributed by atoms with Gasteiger partial charge >= 0.3 is 0 Å². The molecule has 0 saturated carbocycles. The third kappa shape index (κ3) is 3.13. The molecule has 1 N–H and O–H groups in total. The Morgan fingerprint density at radius 2 is 2.17 bits per heavy atom. The second-order valence-corrected chi connectivity index (χ2v) is 4.02. The van der Waals surface area contributed by atoms with Crippen molar-refractivity contribution >= 4 is 11.7 Å². The molecule has 2 rings (SSSR count). The second-order valence-electron chi connectivity index (χ2n) is 4.02. The molecule has 0 fully saturated rings. The summed E-state index contributed by atoms with van der Waals surface area (Å²) in [6, 6.07) is 9.68. The molecule has 0 unspecified atom stereocenters. The van der Waals surface area contributed by atoms with Crippen molar-refractivity contribution in [3.05, 3.63) is 59.5 Å². The highest BCUT2D eigenvalue weighted by Gasteiger charge is 2.07. The van der Waals surface area contributed by atoms with E-state index in [2.05, 4.69) is 10.3 Å². The molecule has 0 aliphatic rings. The molecular weight excluding hydrogens is 231 g/mol. The fraction of sp³-hybridized carbons (Fsp3) is 0.143. The zero-order chi connectivity index (χ0) is 13.0. The number of carbonyl (C=O) groups is 1. The van der Waals surface area contributed by atoms with Crippen molar-refractivity contribution in [1.29, 1.82) is 0 Å². The molecule has 0 radical (unpaired) electrons. The van der Waals surface area contributed by atoms with Gasteiger partial charge in [-0.05, 0) is 36.2 Å². The smallest absolute Gasteiger partial charge is 0.229 e. The Kier molecular flexibility index (Phi) is 3.67. The van der Waals surface area contributed by atoms with Gasteiger partial charge in [0.05, 0.1) is 6.42 Å². The standard InChI is InChI=1S/C14H13FN2O/c1-10-4-3-7-16-14(10)17-13(18)9-11-5-2-6-12(15)8-11/h2-8H,9H2,1H3,(H,16,17,18). The number of hydrogen-bond acceptors (Lipinski definition) is 2. The number of halogens is 1. The van der Waals surface area contributed by atoms with Gasteiger partial charge in [-0.2, -0.15) is 0 Å². The van der Waals surface area contributed by atoms with Crippen LogP contribution < -0.4 is 5.32 Å². The number of nitrogens with zero attached hydrogens (tertiary/aromatic N) is 1. The van der Waals surface area contributed by atoms with E-state index < -0.39 is 0 Å². The number of anilines is 1. The van der Waals surface area contributed by atoms with E-state index in [1.54, 1.807) is 24.4 Å². The number of pyridine rings is 1. The minimum Gasteiger partial charge on any atom is -0.310 e. The maximum absolute atomic E-state index is 13.0. The summed E-state index contributed by atoms with van der Waals surface area (Å²) in [5, 5.41) is 2.71. The van der Waals surface area contributed by atoms with E-state index in [-0.39, 0.29) is 18.1 Å². The first-order chi connectivity index (χ1) is 8.65. The van der Waals surface area contributed by atoms with Crippen molar-refractivity contribution in [3.63, 3.8) is 0 Å². The lowest BCUT2D eigenvalue weighted by molar-refractivity contribution is -0.115. The van der Waals surface area contributed by atoms with Crippen LogP contribution in [0, 0.1) is 12.7 Å². The van der Waals surface area contributed by atoms with Gasteiger partial charge in [-0.15, -0.1) is 0 Å². The monoisotopic (exact) mass is 244 g/mol. The van der Waals surface area contributed by atoms with E-state index in [1.165, 1.54) is 12.1 Å². The lowest BCUT2D eigenvalue weighted by Gasteiger charge is -2.06. The van der Waals surface area contributed by atoms with Crippen LogP contribution in [-0.2, 0) is 11.2 Å². The highest BCUT2D eigenvalue weighted by atomic mass is 19.1. The highest BCUT2D eigenvalue weighted by Crippen LogP contribution is 2.10. The molecule has 0 spiro atoms. The number of amides is 1. The summed E-state index contributed by atoms with van der Waals surface area (Å²) in [6.45, 7) is 1.87. The number of aryl methyl sites for hydroxylation is 1. The van der Waals surface area contributed by atoms with Crippen molar-refractivity contribution in [1.82, 2.24) is 4.98 Å². The fourth-order valence-corrected chi connectivity index (χ4v) is 1.63. The molecule has 0 saturated heterocycles. The highest BCUT2D eigenvalue weighted by molar-refractivity contribution is 5.91. The zero-order valence-corrected chi connectivity index (χ0v) is 9.98. The third-order valence-corrected chi connectivity index (χ3v) is 2.52. The molecule has 1 amide bonds. The predicted octanol–water partition coefficient (Wildman–Crippen LogP) is 2.71. The molecular formula is C14H13FN2O. The summed E-state index contributed by atoms with van der Waals surface area (Å²) < 4.78 is 13.0. The predicted molar refractivity (Wildman–Crippen MR) is 67.7 cm³/mol. The number of carbonyl (C=O) groups excluding carboxylic acids is 1. The fourth-order valence-electron chi connectivity index (χ4n) is 1.63. The van der Waals surface area contributed by atoms with Crippen LogP contribution in [0.5, 0.6) is 0 Å². The first-order valence-electron chi connectivity index (χ1n) is 5.61. The normalized spacial score (nSPS) is 10.1. The van der Waals surface area contributed by atoms with Crippen LogP contribution in [0.25, 0.3) is 0 Å². The van der Waals surface area contributed by atoms with Crippen LogP contribution in [0.4, 0.5) is 10.2 Å². The minimum absolute atomic E-state index is 0.133. The Labute approximate surface area is 105 Å². The minimum atomic E-state index is -0.339. The van der Waals surface area contributed by atoms with Gasteiger partial charge in [0.25, 0.3) is 0 Å². The van der Waals surface area contributed by atoms with Crippen molar-refractivity contribution in [2.75, 3.05) is 5.32 Å². The Hall–Kier alpha value is -2.23. The maximum Gasteiger partial charge on any atom is 0.229 e. The molecule has 0 atom stereocenters. The van der Waals surface area contributed by atoms with E-state index in [4.69, 9.17) is 0 Å². The van der Waals surface area contributed by atoms with E-state index >= 15 is 0 Å². The van der Waals surface area contributed by atoms with E-state index in [0.717, 1.165) is 5.56 Å². The van der Waals surface area contributed by atoms with Gasteiger partial charge < -0.3 is 5.32 Å². The molecule has 2 aromatic rings. The van der Waals surface area contributed by atoms with Crippen LogP contribution in [0.2, 0.25) is 0 Å². The van der Waals surface area contributed by atoms with Crippen molar-refractivity contribution in [2.45, 2.75) is 13.3 Å². The topological polar surface area (TPSA) is 42.0 Å². The van der Waals surface area contributed by atoms with Crippen LogP contribution >= 0.6 is 0 Å². The number of aromatic nitrogens is 1. The molecule has 18 heavy (non-hydrogen) atoms. The number of hydrogen-bond donors (Lipinski definition) is 1. The van der Waals surface area contributed by atoms with E-state index in [0.29, 0.717) is 11.4 Å². The third-order valence-electron chi connectivity index (χ3n) is 2.52. The summed E-state index contributed by atoms with van der Waals surface area (Å²) in [6.07, 6.45) is 1.75. The molecule has 0 aliphatic heterocycles. The van der Waals surface area contributed by atoms with Crippen LogP contribution in [0.15, 0.2) is 42.6 Å². The molecule has 92 valence electrons. The zero-order valence-electron chi connectivity index (χ0n) is 9.98. The molecule has 0 aliphatic carbocycles. The first-order valence-corrected chi connectivity index (χ1v) is 5.61. The quantitative estimate of drug-likeness (QED) is 0.902. The number of nitrogens with one attached hydrogen (secondary N) is 1. The average molecular weight is 244 g/mol. The van der Waals surface area contributed by atoms with Gasteiger partial charge in [0.1, 0.15) is 11.6 Å². The lowest BCUT2D eigenvalue weighted by Crippen LogP contribution is -2.16. The Morgan fingerprint density at radius 3 is 2.89 bits per heavy atom. The summed E-state index contributed by atoms with van der Waals surface area (Å²) >= 11 is 0. The van der Waals surface area contributed by atoms with E-state index in [1.807, 2.05) is 13.0 Å². The summed E-state index contributed by atoms with van der Waals surface area (Å²) in [5.74, 6) is -0.00406. The molecule has 0 bridgehead atoms. The van der Waals surface area contributed by atoms with Gasteiger partial charge in [-0.3, -0.25) is 4.79 Å². The average Bonchev–Trinajstić information content (AvgIpc) is 2.32. The van der Waals surface area contributed by atoms with Crippen LogP contribution in [0.3, 0.4) is 0 Å². The Morgan fingerprint density at radius 1 is 1.33 bits per heavy atom.